The Hall–Kier alpha value is 0.137. The van der Waals surface area contributed by atoms with Gasteiger partial charge in [-0.1, -0.05) is 13.0 Å². The summed E-state index contributed by atoms with van der Waals surface area (Å²) in [7, 11) is 6.77. The maximum absolute atomic E-state index is 6.10. The van der Waals surface area contributed by atoms with Gasteiger partial charge in [-0.15, -0.1) is 0 Å². The standard InChI is InChI=1S/C10H24NOSi/c1-5-13-10(11(2,3)4)8-6-7-9-12-10/h5-9,13H2,1-4H3/q+1. The van der Waals surface area contributed by atoms with E-state index in [-0.39, 0.29) is 14.9 Å². The Labute approximate surface area is 84.7 Å². The molecule has 2 nitrogen and oxygen atoms in total. The van der Waals surface area contributed by atoms with Crippen LogP contribution in [0.25, 0.3) is 0 Å². The summed E-state index contributed by atoms with van der Waals surface area (Å²) >= 11 is 0. The fraction of sp³-hybridized carbons (Fsp3) is 1.00. The Morgan fingerprint density at radius 3 is 2.38 bits per heavy atom. The van der Waals surface area contributed by atoms with E-state index in [0.29, 0.717) is 0 Å². The first-order chi connectivity index (χ1) is 6.02. The van der Waals surface area contributed by atoms with Gasteiger partial charge in [-0.05, 0) is 12.8 Å². The van der Waals surface area contributed by atoms with Crippen LogP contribution in [0.1, 0.15) is 26.2 Å². The molecule has 0 saturated carbocycles. The summed E-state index contributed by atoms with van der Waals surface area (Å²) in [6.45, 7) is 3.30. The lowest BCUT2D eigenvalue weighted by Gasteiger charge is -2.48. The van der Waals surface area contributed by atoms with Gasteiger partial charge in [0.15, 0.2) is 5.35 Å². The molecule has 1 rings (SSSR count). The molecule has 0 aromatic carbocycles. The number of ether oxygens (including phenoxy) is 1. The Bertz CT molecular complexity index is 153. The van der Waals surface area contributed by atoms with E-state index < -0.39 is 0 Å². The molecular formula is C10H24NOSi+. The first-order valence-corrected chi connectivity index (χ1v) is 7.18. The molecule has 0 N–H and O–H groups in total. The summed E-state index contributed by atoms with van der Waals surface area (Å²) < 4.78 is 7.11. The third-order valence-corrected chi connectivity index (χ3v) is 5.98. The summed E-state index contributed by atoms with van der Waals surface area (Å²) in [4.78, 5) is 0. The van der Waals surface area contributed by atoms with Crippen LogP contribution in [0.15, 0.2) is 0 Å². The van der Waals surface area contributed by atoms with Crippen LogP contribution in [0.3, 0.4) is 0 Å². The van der Waals surface area contributed by atoms with Crippen LogP contribution in [0.4, 0.5) is 0 Å². The zero-order valence-electron chi connectivity index (χ0n) is 9.60. The van der Waals surface area contributed by atoms with Gasteiger partial charge in [-0.25, -0.2) is 0 Å². The van der Waals surface area contributed by atoms with Crippen molar-refractivity contribution in [1.82, 2.24) is 0 Å². The van der Waals surface area contributed by atoms with E-state index in [1.165, 1.54) is 25.3 Å². The molecule has 3 heteroatoms. The Morgan fingerprint density at radius 2 is 2.00 bits per heavy atom. The molecule has 1 heterocycles. The van der Waals surface area contributed by atoms with Crippen molar-refractivity contribution in [2.24, 2.45) is 0 Å². The summed E-state index contributed by atoms with van der Waals surface area (Å²) in [5, 5.41) is 0.243. The van der Waals surface area contributed by atoms with Gasteiger partial charge in [-0.2, -0.15) is 0 Å². The zero-order valence-corrected chi connectivity index (χ0v) is 11.0. The van der Waals surface area contributed by atoms with Crippen molar-refractivity contribution in [1.29, 1.82) is 0 Å². The van der Waals surface area contributed by atoms with Gasteiger partial charge in [0.05, 0.1) is 27.7 Å². The van der Waals surface area contributed by atoms with Gasteiger partial charge in [-0.3, -0.25) is 0 Å². The lowest BCUT2D eigenvalue weighted by molar-refractivity contribution is -0.936. The van der Waals surface area contributed by atoms with E-state index in [1.807, 2.05) is 0 Å². The minimum Gasteiger partial charge on any atom is -0.332 e. The van der Waals surface area contributed by atoms with Crippen LogP contribution in [-0.4, -0.2) is 47.1 Å². The van der Waals surface area contributed by atoms with E-state index in [2.05, 4.69) is 28.1 Å². The van der Waals surface area contributed by atoms with Crippen molar-refractivity contribution in [3.8, 4) is 0 Å². The predicted octanol–water partition coefficient (Wildman–Crippen LogP) is 1.15. The molecule has 1 atom stereocenters. The summed E-state index contributed by atoms with van der Waals surface area (Å²) in [6.07, 6.45) is 3.92. The molecule has 78 valence electrons. The normalized spacial score (nSPS) is 31.4. The smallest absolute Gasteiger partial charge is 0.172 e. The largest absolute Gasteiger partial charge is 0.332 e. The predicted molar refractivity (Wildman–Crippen MR) is 59.6 cm³/mol. The quantitative estimate of drug-likeness (QED) is 0.493. The van der Waals surface area contributed by atoms with Crippen LogP contribution in [0.2, 0.25) is 6.04 Å². The molecule has 1 unspecified atom stereocenters. The van der Waals surface area contributed by atoms with Gasteiger partial charge in [0.25, 0.3) is 0 Å². The highest BCUT2D eigenvalue weighted by molar-refractivity contribution is 6.38. The topological polar surface area (TPSA) is 9.23 Å². The first-order valence-electron chi connectivity index (χ1n) is 5.47. The molecule has 0 spiro atoms. The fourth-order valence-electron chi connectivity index (χ4n) is 2.29. The Balaban J connectivity index is 2.73. The maximum Gasteiger partial charge on any atom is 0.172 e. The molecule has 1 aliphatic rings. The van der Waals surface area contributed by atoms with Gasteiger partial charge < -0.3 is 9.22 Å². The van der Waals surface area contributed by atoms with Crippen LogP contribution >= 0.6 is 0 Å². The Morgan fingerprint density at radius 1 is 1.31 bits per heavy atom. The second-order valence-electron chi connectivity index (χ2n) is 5.01. The van der Waals surface area contributed by atoms with Crippen molar-refractivity contribution >= 4 is 9.52 Å². The highest BCUT2D eigenvalue weighted by Crippen LogP contribution is 2.30. The van der Waals surface area contributed by atoms with E-state index in [4.69, 9.17) is 4.74 Å². The lowest BCUT2D eigenvalue weighted by Crippen LogP contribution is -2.63. The molecular weight excluding hydrogens is 178 g/mol. The molecule has 13 heavy (non-hydrogen) atoms. The van der Waals surface area contributed by atoms with Crippen molar-refractivity contribution in [2.45, 2.75) is 37.6 Å². The minimum atomic E-state index is -0.0851. The molecule has 0 radical (unpaired) electrons. The number of nitrogens with zero attached hydrogens (tertiary/aromatic N) is 1. The number of hydrogen-bond donors (Lipinski definition) is 0. The molecule has 0 aromatic heterocycles. The number of quaternary nitrogens is 1. The van der Waals surface area contributed by atoms with E-state index in [1.54, 1.807) is 0 Å². The average molecular weight is 202 g/mol. The third-order valence-electron chi connectivity index (χ3n) is 3.20. The molecule has 1 fully saturated rings. The monoisotopic (exact) mass is 202 g/mol. The lowest BCUT2D eigenvalue weighted by atomic mass is 10.1. The highest BCUT2D eigenvalue weighted by Gasteiger charge is 2.44. The molecule has 0 amide bonds. The minimum absolute atomic E-state index is 0.0851. The van der Waals surface area contributed by atoms with Crippen molar-refractivity contribution in [2.75, 3.05) is 27.7 Å². The zero-order chi connectivity index (χ0) is 9.95. The molecule has 1 saturated heterocycles. The summed E-state index contributed by atoms with van der Waals surface area (Å²) in [6, 6.07) is 1.36. The van der Waals surface area contributed by atoms with Crippen LogP contribution in [0, 0.1) is 0 Å². The number of hydrogen-bond acceptors (Lipinski definition) is 1. The van der Waals surface area contributed by atoms with Gasteiger partial charge in [0.1, 0.15) is 9.52 Å². The number of rotatable bonds is 3. The second kappa shape index (κ2) is 4.11. The van der Waals surface area contributed by atoms with Crippen LogP contribution in [0.5, 0.6) is 0 Å². The molecule has 1 aliphatic heterocycles. The molecule has 0 aromatic rings. The SMILES string of the molecule is CC[SiH2]C1([N+](C)(C)C)CCCCO1. The van der Waals surface area contributed by atoms with E-state index >= 15 is 0 Å². The van der Waals surface area contributed by atoms with E-state index in [9.17, 15) is 0 Å². The van der Waals surface area contributed by atoms with Crippen LogP contribution < -0.4 is 0 Å². The molecule has 0 aliphatic carbocycles. The first kappa shape index (κ1) is 11.2. The Kier molecular flexibility index (Phi) is 3.55. The fourth-order valence-corrected chi connectivity index (χ4v) is 4.53. The van der Waals surface area contributed by atoms with Gasteiger partial charge in [0.2, 0.25) is 0 Å². The van der Waals surface area contributed by atoms with Crippen molar-refractivity contribution < 1.29 is 9.22 Å². The molecule has 0 bridgehead atoms. The van der Waals surface area contributed by atoms with Crippen molar-refractivity contribution in [3.05, 3.63) is 0 Å². The van der Waals surface area contributed by atoms with E-state index in [0.717, 1.165) is 11.1 Å². The van der Waals surface area contributed by atoms with Gasteiger partial charge in [0, 0.05) is 6.42 Å². The van der Waals surface area contributed by atoms with Gasteiger partial charge >= 0.3 is 0 Å². The second-order valence-corrected chi connectivity index (χ2v) is 7.62. The summed E-state index contributed by atoms with van der Waals surface area (Å²) in [5.74, 6) is 0. The third kappa shape index (κ3) is 2.33. The average Bonchev–Trinajstić information content (AvgIpc) is 2.04. The maximum atomic E-state index is 6.10. The van der Waals surface area contributed by atoms with Crippen LogP contribution in [-0.2, 0) is 4.74 Å². The summed E-state index contributed by atoms with van der Waals surface area (Å²) in [5.41, 5.74) is 0. The van der Waals surface area contributed by atoms with Crippen molar-refractivity contribution in [3.63, 3.8) is 0 Å². The highest BCUT2D eigenvalue weighted by atomic mass is 28.2.